The first-order valence-corrected chi connectivity index (χ1v) is 5.52. The van der Waals surface area contributed by atoms with Crippen LogP contribution in [0.5, 0.6) is 0 Å². The van der Waals surface area contributed by atoms with Gasteiger partial charge in [0.15, 0.2) is 8.92 Å². The fourth-order valence-electron chi connectivity index (χ4n) is 1.13. The van der Waals surface area contributed by atoms with Gasteiger partial charge in [0.2, 0.25) is 0 Å². The summed E-state index contributed by atoms with van der Waals surface area (Å²) < 4.78 is 0.607. The molecule has 76 valence electrons. The Balaban J connectivity index is 2.57. The lowest BCUT2D eigenvalue weighted by Crippen LogP contribution is -1.90. The van der Waals surface area contributed by atoms with Gasteiger partial charge < -0.3 is 0 Å². The highest BCUT2D eigenvalue weighted by Crippen LogP contribution is 2.32. The van der Waals surface area contributed by atoms with Crippen LogP contribution in [0.2, 0.25) is 0 Å². The number of nitro benzene ring substituents is 1. The van der Waals surface area contributed by atoms with E-state index in [-0.39, 0.29) is 5.69 Å². The molecule has 0 radical (unpaired) electrons. The van der Waals surface area contributed by atoms with E-state index in [2.05, 4.69) is 26.1 Å². The highest BCUT2D eigenvalue weighted by atomic mass is 79.9. The molecule has 0 spiro atoms. The molecule has 0 saturated carbocycles. The molecule has 0 aliphatic heterocycles. The van der Waals surface area contributed by atoms with Crippen molar-refractivity contribution in [2.24, 2.45) is 0 Å². The largest absolute Gasteiger partial charge is 0.279 e. The van der Waals surface area contributed by atoms with Gasteiger partial charge in [-0.1, -0.05) is 23.5 Å². The zero-order valence-corrected chi connectivity index (χ0v) is 9.66. The lowest BCUT2D eigenvalue weighted by atomic mass is 10.2. The summed E-state index contributed by atoms with van der Waals surface area (Å²) in [5, 5.41) is 18.9. The molecule has 1 aromatic carbocycles. The summed E-state index contributed by atoms with van der Waals surface area (Å²) in [6, 6.07) is 6.46. The quantitative estimate of drug-likeness (QED) is 0.628. The standard InChI is InChI=1S/C8H4BrN3O2S/c9-8-11-10-7(15-8)5-3-1-2-4-6(5)12(13)14/h1-4H. The smallest absolute Gasteiger partial charge is 0.258 e. The minimum atomic E-state index is -0.426. The highest BCUT2D eigenvalue weighted by molar-refractivity contribution is 9.11. The molecule has 0 fully saturated rings. The van der Waals surface area contributed by atoms with Crippen molar-refractivity contribution in [3.63, 3.8) is 0 Å². The number of nitro groups is 1. The summed E-state index contributed by atoms with van der Waals surface area (Å²) in [7, 11) is 0. The minimum Gasteiger partial charge on any atom is -0.258 e. The number of benzene rings is 1. The van der Waals surface area contributed by atoms with Crippen LogP contribution in [0.1, 0.15) is 0 Å². The van der Waals surface area contributed by atoms with Crippen LogP contribution in [0.25, 0.3) is 10.6 Å². The molecule has 0 aliphatic rings. The molecule has 0 aliphatic carbocycles. The number of halogens is 1. The molecular weight excluding hydrogens is 282 g/mol. The summed E-state index contributed by atoms with van der Waals surface area (Å²) in [4.78, 5) is 10.3. The summed E-state index contributed by atoms with van der Waals surface area (Å²) in [6.45, 7) is 0. The van der Waals surface area contributed by atoms with Gasteiger partial charge in [-0.3, -0.25) is 10.1 Å². The third kappa shape index (κ3) is 2.02. The molecule has 5 nitrogen and oxygen atoms in total. The number of nitrogens with zero attached hydrogens (tertiary/aromatic N) is 3. The first kappa shape index (κ1) is 10.2. The van der Waals surface area contributed by atoms with E-state index in [1.165, 1.54) is 17.4 Å². The lowest BCUT2D eigenvalue weighted by Gasteiger charge is -1.96. The van der Waals surface area contributed by atoms with Crippen molar-refractivity contribution in [2.45, 2.75) is 0 Å². The normalized spacial score (nSPS) is 10.2. The van der Waals surface area contributed by atoms with Crippen molar-refractivity contribution in [3.05, 3.63) is 38.3 Å². The predicted octanol–water partition coefficient (Wildman–Crippen LogP) is 2.88. The van der Waals surface area contributed by atoms with Gasteiger partial charge in [-0.25, -0.2) is 0 Å². The van der Waals surface area contributed by atoms with Gasteiger partial charge in [0.05, 0.1) is 10.5 Å². The fourth-order valence-corrected chi connectivity index (χ4v) is 2.27. The van der Waals surface area contributed by atoms with Gasteiger partial charge in [0, 0.05) is 6.07 Å². The van der Waals surface area contributed by atoms with E-state index < -0.39 is 4.92 Å². The zero-order valence-electron chi connectivity index (χ0n) is 7.25. The van der Waals surface area contributed by atoms with Crippen LogP contribution in [0.4, 0.5) is 5.69 Å². The summed E-state index contributed by atoms with van der Waals surface area (Å²) in [6.07, 6.45) is 0. The average Bonchev–Trinajstić information content (AvgIpc) is 2.65. The fraction of sp³-hybridized carbons (Fsp3) is 0. The molecule has 7 heteroatoms. The van der Waals surface area contributed by atoms with Crippen LogP contribution in [0.3, 0.4) is 0 Å². The van der Waals surface area contributed by atoms with E-state index in [1.807, 2.05) is 0 Å². The van der Waals surface area contributed by atoms with Crippen LogP contribution >= 0.6 is 27.3 Å². The molecule has 2 aromatic rings. The molecule has 1 aromatic heterocycles. The number of aromatic nitrogens is 2. The minimum absolute atomic E-state index is 0.0427. The van der Waals surface area contributed by atoms with E-state index in [0.717, 1.165) is 0 Å². The van der Waals surface area contributed by atoms with Crippen LogP contribution in [-0.2, 0) is 0 Å². The van der Waals surface area contributed by atoms with Gasteiger partial charge in [-0.15, -0.1) is 10.2 Å². The van der Waals surface area contributed by atoms with Crippen LogP contribution in [-0.4, -0.2) is 15.1 Å². The Labute approximate surface area is 97.1 Å². The second kappa shape index (κ2) is 4.03. The molecule has 0 saturated heterocycles. The molecule has 0 unspecified atom stereocenters. The molecule has 2 rings (SSSR count). The number of para-hydroxylation sites is 1. The van der Waals surface area contributed by atoms with Crippen molar-refractivity contribution in [1.29, 1.82) is 0 Å². The molecule has 0 N–H and O–H groups in total. The Morgan fingerprint density at radius 3 is 2.67 bits per heavy atom. The van der Waals surface area contributed by atoms with Crippen LogP contribution in [0, 0.1) is 10.1 Å². The summed E-state index contributed by atoms with van der Waals surface area (Å²) in [5.41, 5.74) is 0.534. The van der Waals surface area contributed by atoms with Gasteiger partial charge in [-0.2, -0.15) is 0 Å². The van der Waals surface area contributed by atoms with Gasteiger partial charge in [-0.05, 0) is 22.0 Å². The average molecular weight is 286 g/mol. The number of hydrogen-bond donors (Lipinski definition) is 0. The molecule has 15 heavy (non-hydrogen) atoms. The maximum absolute atomic E-state index is 10.8. The molecular formula is C8H4BrN3O2S. The van der Waals surface area contributed by atoms with E-state index in [0.29, 0.717) is 14.5 Å². The van der Waals surface area contributed by atoms with Gasteiger partial charge in [0.1, 0.15) is 0 Å². The van der Waals surface area contributed by atoms with Crippen molar-refractivity contribution >= 4 is 33.0 Å². The first-order chi connectivity index (χ1) is 7.18. The SMILES string of the molecule is O=[N+]([O-])c1ccccc1-c1nnc(Br)s1. The predicted molar refractivity (Wildman–Crippen MR) is 59.7 cm³/mol. The van der Waals surface area contributed by atoms with Crippen LogP contribution in [0.15, 0.2) is 28.2 Å². The van der Waals surface area contributed by atoms with Crippen molar-refractivity contribution in [3.8, 4) is 10.6 Å². The van der Waals surface area contributed by atoms with E-state index >= 15 is 0 Å². The van der Waals surface area contributed by atoms with Crippen molar-refractivity contribution in [1.82, 2.24) is 10.2 Å². The van der Waals surface area contributed by atoms with Gasteiger partial charge in [0.25, 0.3) is 5.69 Å². The van der Waals surface area contributed by atoms with Crippen molar-refractivity contribution in [2.75, 3.05) is 0 Å². The third-order valence-electron chi connectivity index (χ3n) is 1.73. The topological polar surface area (TPSA) is 68.9 Å². The second-order valence-corrected chi connectivity index (χ2v) is 4.89. The molecule has 1 heterocycles. The maximum Gasteiger partial charge on any atom is 0.279 e. The Hall–Kier alpha value is -1.34. The first-order valence-electron chi connectivity index (χ1n) is 3.91. The lowest BCUT2D eigenvalue weighted by molar-refractivity contribution is -0.384. The molecule has 0 atom stereocenters. The summed E-state index contributed by atoms with van der Waals surface area (Å²) >= 11 is 4.43. The Morgan fingerprint density at radius 1 is 1.33 bits per heavy atom. The number of hydrogen-bond acceptors (Lipinski definition) is 5. The van der Waals surface area contributed by atoms with E-state index in [1.54, 1.807) is 18.2 Å². The Kier molecular flexibility index (Phi) is 2.74. The Bertz CT molecular complexity index is 514. The Morgan fingerprint density at radius 2 is 2.07 bits per heavy atom. The maximum atomic E-state index is 10.8. The van der Waals surface area contributed by atoms with Crippen molar-refractivity contribution < 1.29 is 4.92 Å². The monoisotopic (exact) mass is 285 g/mol. The highest BCUT2D eigenvalue weighted by Gasteiger charge is 2.17. The number of rotatable bonds is 2. The third-order valence-corrected chi connectivity index (χ3v) is 3.12. The van der Waals surface area contributed by atoms with E-state index in [4.69, 9.17) is 0 Å². The summed E-state index contributed by atoms with van der Waals surface area (Å²) in [5.74, 6) is 0. The zero-order chi connectivity index (χ0) is 10.8. The molecule has 0 bridgehead atoms. The second-order valence-electron chi connectivity index (χ2n) is 2.63. The van der Waals surface area contributed by atoms with Crippen LogP contribution < -0.4 is 0 Å². The molecule has 0 amide bonds. The van der Waals surface area contributed by atoms with Gasteiger partial charge >= 0.3 is 0 Å². The van der Waals surface area contributed by atoms with E-state index in [9.17, 15) is 10.1 Å².